The molecule has 4 rings (SSSR count). The van der Waals surface area contributed by atoms with Gasteiger partial charge >= 0.3 is 12.1 Å². The van der Waals surface area contributed by atoms with Crippen LogP contribution in [0.2, 0.25) is 0 Å². The Morgan fingerprint density at radius 2 is 1.78 bits per heavy atom. The fourth-order valence-corrected chi connectivity index (χ4v) is 5.42. The lowest BCUT2D eigenvalue weighted by Crippen LogP contribution is -2.60. The number of anilines is 1. The predicted molar refractivity (Wildman–Crippen MR) is 137 cm³/mol. The zero-order valence-corrected chi connectivity index (χ0v) is 22.0. The Hall–Kier alpha value is -2.85. The van der Waals surface area contributed by atoms with Crippen molar-refractivity contribution in [2.75, 3.05) is 46.2 Å². The summed E-state index contributed by atoms with van der Waals surface area (Å²) in [5.74, 6) is -0.457. The number of fused-ring (bicyclic) bond motifs is 1. The molecule has 0 bridgehead atoms. The number of hydrogen-bond donors (Lipinski definition) is 1. The van der Waals surface area contributed by atoms with E-state index in [2.05, 4.69) is 4.90 Å². The maximum Gasteiger partial charge on any atom is 0.410 e. The Morgan fingerprint density at radius 1 is 1.08 bits per heavy atom. The molecule has 1 saturated carbocycles. The van der Waals surface area contributed by atoms with E-state index in [9.17, 15) is 9.59 Å². The Labute approximate surface area is 212 Å². The minimum atomic E-state index is -0.507. The largest absolute Gasteiger partial charge is 0.465 e. The van der Waals surface area contributed by atoms with Crippen LogP contribution in [0.25, 0.3) is 10.9 Å². The molecule has 10 heteroatoms. The monoisotopic (exact) mass is 501 g/mol. The zero-order valence-electron chi connectivity index (χ0n) is 22.0. The molecule has 36 heavy (non-hydrogen) atoms. The number of nitrogens with zero attached hydrogens (tertiary/aromatic N) is 4. The van der Waals surface area contributed by atoms with Crippen molar-refractivity contribution in [3.05, 3.63) is 23.9 Å². The summed E-state index contributed by atoms with van der Waals surface area (Å²) < 4.78 is 18.0. The van der Waals surface area contributed by atoms with Crippen molar-refractivity contribution in [2.45, 2.75) is 70.2 Å². The van der Waals surface area contributed by atoms with Crippen LogP contribution in [0.15, 0.2) is 18.3 Å². The average molecular weight is 502 g/mol. The lowest BCUT2D eigenvalue weighted by molar-refractivity contribution is -0.0278. The summed E-state index contributed by atoms with van der Waals surface area (Å²) in [6, 6.07) is 4.37. The second-order valence-corrected chi connectivity index (χ2v) is 10.8. The second-order valence-electron chi connectivity index (χ2n) is 10.8. The number of methoxy groups -OCH3 is 2. The van der Waals surface area contributed by atoms with E-state index in [0.29, 0.717) is 43.0 Å². The Balaban J connectivity index is 1.40. The molecule has 1 saturated heterocycles. The molecule has 2 aromatic rings. The summed E-state index contributed by atoms with van der Waals surface area (Å²) in [5.41, 5.74) is 7.03. The molecule has 1 aromatic heterocycles. The van der Waals surface area contributed by atoms with Gasteiger partial charge in [-0.25, -0.2) is 9.59 Å². The van der Waals surface area contributed by atoms with Gasteiger partial charge in [-0.1, -0.05) is 0 Å². The number of nitrogen functional groups attached to an aromatic ring is 1. The summed E-state index contributed by atoms with van der Waals surface area (Å²) >= 11 is 0. The van der Waals surface area contributed by atoms with Gasteiger partial charge in [0.15, 0.2) is 0 Å². The first-order valence-corrected chi connectivity index (χ1v) is 12.7. The number of ether oxygens (including phenoxy) is 3. The standard InChI is InChI=1S/C26H39N5O5/c1-26(2,3)36-25(33)29-10-11-30(20(15-29)16-34-4)18-6-8-19(9-7-18)31-14-17-12-22(27)21(24(32)35-5)13-23(17)28-31/h12-14,18-20H,6-11,15-16,27H2,1-5H3/t18?,19?,20-/m0/s1. The lowest BCUT2D eigenvalue weighted by Gasteiger charge is -2.46. The van der Waals surface area contributed by atoms with E-state index in [1.165, 1.54) is 7.11 Å². The summed E-state index contributed by atoms with van der Waals surface area (Å²) in [5, 5.41) is 5.67. The van der Waals surface area contributed by atoms with Crippen LogP contribution < -0.4 is 5.73 Å². The van der Waals surface area contributed by atoms with Crippen molar-refractivity contribution in [3.8, 4) is 0 Å². The van der Waals surface area contributed by atoms with Gasteiger partial charge in [-0.15, -0.1) is 0 Å². The third-order valence-electron chi connectivity index (χ3n) is 7.15. The van der Waals surface area contributed by atoms with E-state index < -0.39 is 11.6 Å². The number of aromatic nitrogens is 2. The van der Waals surface area contributed by atoms with Crippen LogP contribution in [-0.4, -0.2) is 89.8 Å². The van der Waals surface area contributed by atoms with Crippen LogP contribution >= 0.6 is 0 Å². The highest BCUT2D eigenvalue weighted by Gasteiger charge is 2.37. The molecular formula is C26H39N5O5. The van der Waals surface area contributed by atoms with Gasteiger partial charge in [-0.3, -0.25) is 9.58 Å². The van der Waals surface area contributed by atoms with Gasteiger partial charge in [0.25, 0.3) is 0 Å². The molecule has 0 spiro atoms. The molecule has 2 aliphatic rings. The van der Waals surface area contributed by atoms with Crippen molar-refractivity contribution in [1.82, 2.24) is 19.6 Å². The Kier molecular flexibility index (Phi) is 7.75. The van der Waals surface area contributed by atoms with Gasteiger partial charge in [-0.2, -0.15) is 5.10 Å². The number of hydrogen-bond acceptors (Lipinski definition) is 8. The minimum absolute atomic E-state index is 0.143. The fraction of sp³-hybridized carbons (Fsp3) is 0.654. The van der Waals surface area contributed by atoms with Gasteiger partial charge in [0, 0.05) is 50.1 Å². The van der Waals surface area contributed by atoms with Crippen LogP contribution in [0.3, 0.4) is 0 Å². The van der Waals surface area contributed by atoms with Crippen molar-refractivity contribution >= 4 is 28.7 Å². The van der Waals surface area contributed by atoms with Gasteiger partial charge in [0.2, 0.25) is 0 Å². The summed E-state index contributed by atoms with van der Waals surface area (Å²) in [6.45, 7) is 8.32. The highest BCUT2D eigenvalue weighted by molar-refractivity contribution is 6.00. The number of nitrogens with two attached hydrogens (primary N) is 1. The quantitative estimate of drug-likeness (QED) is 0.490. The molecule has 1 aromatic carbocycles. The normalized spacial score (nSPS) is 23.6. The number of amides is 1. The van der Waals surface area contributed by atoms with Crippen LogP contribution in [0.5, 0.6) is 0 Å². The SMILES string of the molecule is COC[C@@H]1CN(C(=O)OC(C)(C)C)CCN1C1CCC(n2cc3cc(N)c(C(=O)OC)cc3n2)CC1. The highest BCUT2D eigenvalue weighted by Crippen LogP contribution is 2.34. The lowest BCUT2D eigenvalue weighted by atomic mass is 9.89. The molecule has 2 heterocycles. The van der Waals surface area contributed by atoms with E-state index in [1.54, 1.807) is 24.1 Å². The molecule has 10 nitrogen and oxygen atoms in total. The Morgan fingerprint density at radius 3 is 2.42 bits per heavy atom. The number of benzene rings is 1. The van der Waals surface area contributed by atoms with E-state index >= 15 is 0 Å². The number of carbonyl (C=O) groups is 2. The highest BCUT2D eigenvalue weighted by atomic mass is 16.6. The molecule has 2 fully saturated rings. The molecule has 0 radical (unpaired) electrons. The molecule has 0 unspecified atom stereocenters. The topological polar surface area (TPSA) is 112 Å². The van der Waals surface area contributed by atoms with Gasteiger partial charge < -0.3 is 24.8 Å². The summed E-state index contributed by atoms with van der Waals surface area (Å²) in [6.07, 6.45) is 5.86. The predicted octanol–water partition coefficient (Wildman–Crippen LogP) is 3.46. The average Bonchev–Trinajstić information content (AvgIpc) is 3.25. The van der Waals surface area contributed by atoms with Gasteiger partial charge in [-0.05, 0) is 58.6 Å². The summed E-state index contributed by atoms with van der Waals surface area (Å²) in [4.78, 5) is 28.9. The minimum Gasteiger partial charge on any atom is -0.465 e. The van der Waals surface area contributed by atoms with Crippen LogP contribution in [-0.2, 0) is 14.2 Å². The third kappa shape index (κ3) is 5.75. The van der Waals surface area contributed by atoms with Crippen LogP contribution in [0, 0.1) is 0 Å². The van der Waals surface area contributed by atoms with Crippen molar-refractivity contribution < 1.29 is 23.8 Å². The van der Waals surface area contributed by atoms with E-state index in [0.717, 1.165) is 43.1 Å². The number of carbonyl (C=O) groups excluding carboxylic acids is 2. The maximum atomic E-state index is 12.6. The maximum absolute atomic E-state index is 12.6. The molecule has 1 aliphatic carbocycles. The zero-order chi connectivity index (χ0) is 26.0. The third-order valence-corrected chi connectivity index (χ3v) is 7.15. The molecule has 1 atom stereocenters. The molecular weight excluding hydrogens is 462 g/mol. The van der Waals surface area contributed by atoms with E-state index in [-0.39, 0.29) is 12.1 Å². The first kappa shape index (κ1) is 26.2. The molecule has 2 N–H and O–H groups in total. The first-order valence-electron chi connectivity index (χ1n) is 12.7. The van der Waals surface area contributed by atoms with Gasteiger partial charge in [0.1, 0.15) is 5.60 Å². The number of piperazine rings is 1. The van der Waals surface area contributed by atoms with Crippen LogP contribution in [0.4, 0.5) is 10.5 Å². The second kappa shape index (κ2) is 10.6. The fourth-order valence-electron chi connectivity index (χ4n) is 5.42. The van der Waals surface area contributed by atoms with Gasteiger partial charge in [0.05, 0.1) is 36.9 Å². The Bertz CT molecular complexity index is 1090. The summed E-state index contributed by atoms with van der Waals surface area (Å²) in [7, 11) is 3.06. The van der Waals surface area contributed by atoms with E-state index in [1.807, 2.05) is 31.6 Å². The molecule has 198 valence electrons. The van der Waals surface area contributed by atoms with Crippen molar-refractivity contribution in [1.29, 1.82) is 0 Å². The molecule has 1 aliphatic heterocycles. The smallest absolute Gasteiger partial charge is 0.410 e. The van der Waals surface area contributed by atoms with E-state index in [4.69, 9.17) is 25.0 Å². The molecule has 1 amide bonds. The number of rotatable bonds is 5. The number of esters is 1. The van der Waals surface area contributed by atoms with Crippen molar-refractivity contribution in [3.63, 3.8) is 0 Å². The van der Waals surface area contributed by atoms with Crippen LogP contribution in [0.1, 0.15) is 62.9 Å². The van der Waals surface area contributed by atoms with Crippen molar-refractivity contribution in [2.24, 2.45) is 0 Å². The first-order chi connectivity index (χ1) is 17.1.